The number of esters is 1. The SMILES string of the molecule is CC(C)c1ccc2c(c1)C(=O)CC1C(C)(C(=O)OC(C)(C)C)CCCC21C. The Morgan fingerprint density at radius 3 is 2.44 bits per heavy atom. The van der Waals surface area contributed by atoms with Gasteiger partial charge in [-0.15, -0.1) is 0 Å². The highest BCUT2D eigenvalue weighted by Crippen LogP contribution is 2.58. The third kappa shape index (κ3) is 3.34. The summed E-state index contributed by atoms with van der Waals surface area (Å²) in [7, 11) is 0. The highest BCUT2D eigenvalue weighted by molar-refractivity contribution is 6.00. The smallest absolute Gasteiger partial charge is 0.312 e. The Bertz CT molecular complexity index is 770. The predicted molar refractivity (Wildman–Crippen MR) is 108 cm³/mol. The average Bonchev–Trinajstić information content (AvgIpc) is 2.55. The Morgan fingerprint density at radius 2 is 1.85 bits per heavy atom. The van der Waals surface area contributed by atoms with Crippen molar-refractivity contribution in [3.8, 4) is 0 Å². The summed E-state index contributed by atoms with van der Waals surface area (Å²) in [5, 5.41) is 0. The first kappa shape index (κ1) is 20.1. The summed E-state index contributed by atoms with van der Waals surface area (Å²) in [6.45, 7) is 14.3. The molecule has 148 valence electrons. The minimum absolute atomic E-state index is 0.0153. The highest BCUT2D eigenvalue weighted by Gasteiger charge is 2.57. The van der Waals surface area contributed by atoms with E-state index in [1.807, 2.05) is 27.7 Å². The molecule has 3 unspecified atom stereocenters. The molecule has 0 amide bonds. The quantitative estimate of drug-likeness (QED) is 0.618. The number of carbonyl (C=O) groups is 2. The molecule has 3 nitrogen and oxygen atoms in total. The minimum atomic E-state index is -0.621. The molecule has 0 spiro atoms. The first-order valence-corrected chi connectivity index (χ1v) is 10.3. The van der Waals surface area contributed by atoms with Crippen molar-refractivity contribution in [2.24, 2.45) is 11.3 Å². The molecule has 0 aliphatic heterocycles. The molecule has 0 heterocycles. The standard InChI is InChI=1S/C24H34O3/c1-15(2)16-9-10-18-17(13-16)19(25)14-20-23(18,6)11-8-12-24(20,7)21(26)27-22(3,4)5/h9-10,13,15,20H,8,11-12,14H2,1-7H3. The number of Topliss-reactive ketones (excluding diaryl/α,β-unsaturated/α-hetero) is 1. The van der Waals surface area contributed by atoms with E-state index in [2.05, 4.69) is 39.0 Å². The molecule has 27 heavy (non-hydrogen) atoms. The van der Waals surface area contributed by atoms with Gasteiger partial charge in [-0.05, 0) is 75.0 Å². The molecule has 0 aromatic heterocycles. The molecule has 1 aromatic rings. The van der Waals surface area contributed by atoms with Gasteiger partial charge in [0, 0.05) is 12.0 Å². The fraction of sp³-hybridized carbons (Fsp3) is 0.667. The van der Waals surface area contributed by atoms with Crippen LogP contribution in [-0.2, 0) is 14.9 Å². The first-order valence-electron chi connectivity index (χ1n) is 10.3. The van der Waals surface area contributed by atoms with E-state index in [4.69, 9.17) is 4.74 Å². The molecular weight excluding hydrogens is 336 g/mol. The third-order valence-corrected chi connectivity index (χ3v) is 6.81. The molecule has 1 aromatic carbocycles. The number of rotatable bonds is 2. The van der Waals surface area contributed by atoms with Gasteiger partial charge in [0.2, 0.25) is 0 Å². The minimum Gasteiger partial charge on any atom is -0.460 e. The van der Waals surface area contributed by atoms with Crippen LogP contribution in [0.3, 0.4) is 0 Å². The van der Waals surface area contributed by atoms with Crippen LogP contribution >= 0.6 is 0 Å². The molecule has 1 saturated carbocycles. The van der Waals surface area contributed by atoms with Gasteiger partial charge >= 0.3 is 5.97 Å². The molecule has 0 radical (unpaired) electrons. The normalized spacial score (nSPS) is 30.7. The second-order valence-corrected chi connectivity index (χ2v) is 10.3. The zero-order valence-corrected chi connectivity index (χ0v) is 17.9. The molecule has 0 N–H and O–H groups in total. The number of hydrogen-bond donors (Lipinski definition) is 0. The van der Waals surface area contributed by atoms with Gasteiger partial charge in [-0.3, -0.25) is 9.59 Å². The second kappa shape index (κ2) is 6.46. The van der Waals surface area contributed by atoms with Crippen LogP contribution in [0.4, 0.5) is 0 Å². The monoisotopic (exact) mass is 370 g/mol. The van der Waals surface area contributed by atoms with Crippen molar-refractivity contribution in [1.29, 1.82) is 0 Å². The Balaban J connectivity index is 2.06. The maximum atomic E-state index is 13.2. The van der Waals surface area contributed by atoms with Crippen LogP contribution in [-0.4, -0.2) is 17.4 Å². The lowest BCUT2D eigenvalue weighted by molar-refractivity contribution is -0.175. The number of hydrogen-bond acceptors (Lipinski definition) is 3. The number of carbonyl (C=O) groups excluding carboxylic acids is 2. The highest BCUT2D eigenvalue weighted by atomic mass is 16.6. The second-order valence-electron chi connectivity index (χ2n) is 10.3. The van der Waals surface area contributed by atoms with Gasteiger partial charge in [-0.2, -0.15) is 0 Å². The Labute approximate surface area is 163 Å². The van der Waals surface area contributed by atoms with Crippen LogP contribution in [0.5, 0.6) is 0 Å². The number of benzene rings is 1. The van der Waals surface area contributed by atoms with Crippen molar-refractivity contribution < 1.29 is 14.3 Å². The molecule has 0 bridgehead atoms. The van der Waals surface area contributed by atoms with Crippen molar-refractivity contribution in [2.45, 2.75) is 91.1 Å². The zero-order valence-electron chi connectivity index (χ0n) is 17.9. The van der Waals surface area contributed by atoms with Gasteiger partial charge in [-0.25, -0.2) is 0 Å². The van der Waals surface area contributed by atoms with Crippen molar-refractivity contribution >= 4 is 11.8 Å². The molecule has 3 heteroatoms. The lowest BCUT2D eigenvalue weighted by atomic mass is 9.49. The fourth-order valence-electron chi connectivity index (χ4n) is 5.23. The van der Waals surface area contributed by atoms with Gasteiger partial charge < -0.3 is 4.74 Å². The summed E-state index contributed by atoms with van der Waals surface area (Å²) in [6, 6.07) is 6.39. The molecule has 3 atom stereocenters. The maximum absolute atomic E-state index is 13.2. The maximum Gasteiger partial charge on any atom is 0.312 e. The Kier molecular flexibility index (Phi) is 4.81. The van der Waals surface area contributed by atoms with Gasteiger partial charge in [0.05, 0.1) is 5.41 Å². The van der Waals surface area contributed by atoms with Crippen LogP contribution in [0, 0.1) is 11.3 Å². The number of ketones is 1. The van der Waals surface area contributed by atoms with Gasteiger partial charge in [0.25, 0.3) is 0 Å². The van der Waals surface area contributed by atoms with E-state index < -0.39 is 11.0 Å². The van der Waals surface area contributed by atoms with Crippen LogP contribution in [0.25, 0.3) is 0 Å². The first-order chi connectivity index (χ1) is 12.4. The van der Waals surface area contributed by atoms with E-state index in [1.165, 1.54) is 5.56 Å². The summed E-state index contributed by atoms with van der Waals surface area (Å²) in [5.74, 6) is 0.401. The number of fused-ring (bicyclic) bond motifs is 3. The van der Waals surface area contributed by atoms with Gasteiger partial charge in [0.15, 0.2) is 5.78 Å². The van der Waals surface area contributed by atoms with E-state index >= 15 is 0 Å². The van der Waals surface area contributed by atoms with E-state index in [0.717, 1.165) is 30.4 Å². The Hall–Kier alpha value is -1.64. The molecule has 2 aliphatic rings. The van der Waals surface area contributed by atoms with E-state index in [1.54, 1.807) is 0 Å². The van der Waals surface area contributed by atoms with Crippen molar-refractivity contribution in [3.63, 3.8) is 0 Å². The van der Waals surface area contributed by atoms with Crippen LogP contribution in [0.2, 0.25) is 0 Å². The van der Waals surface area contributed by atoms with E-state index in [-0.39, 0.29) is 23.1 Å². The van der Waals surface area contributed by atoms with Crippen molar-refractivity contribution in [2.75, 3.05) is 0 Å². The van der Waals surface area contributed by atoms with E-state index in [0.29, 0.717) is 12.3 Å². The Morgan fingerprint density at radius 1 is 1.19 bits per heavy atom. The van der Waals surface area contributed by atoms with Crippen molar-refractivity contribution in [3.05, 3.63) is 34.9 Å². The van der Waals surface area contributed by atoms with Crippen molar-refractivity contribution in [1.82, 2.24) is 0 Å². The lowest BCUT2D eigenvalue weighted by Gasteiger charge is -2.53. The molecule has 2 aliphatic carbocycles. The zero-order chi connectivity index (χ0) is 20.2. The molecule has 0 saturated heterocycles. The third-order valence-electron chi connectivity index (χ3n) is 6.81. The summed E-state index contributed by atoms with van der Waals surface area (Å²) in [4.78, 5) is 26.3. The van der Waals surface area contributed by atoms with Gasteiger partial charge in [0.1, 0.15) is 5.60 Å². The molecular formula is C24H34O3. The number of ether oxygens (including phenoxy) is 1. The lowest BCUT2D eigenvalue weighted by Crippen LogP contribution is -2.54. The van der Waals surface area contributed by atoms with Gasteiger partial charge in [-0.1, -0.05) is 39.3 Å². The topological polar surface area (TPSA) is 43.4 Å². The summed E-state index contributed by atoms with van der Waals surface area (Å²) in [6.07, 6.45) is 3.20. The molecule has 1 fully saturated rings. The predicted octanol–water partition coefficient (Wildman–Crippen LogP) is 5.80. The van der Waals surface area contributed by atoms with Crippen LogP contribution < -0.4 is 0 Å². The van der Waals surface area contributed by atoms with E-state index in [9.17, 15) is 9.59 Å². The fourth-order valence-corrected chi connectivity index (χ4v) is 5.23. The summed E-state index contributed by atoms with van der Waals surface area (Å²) in [5.41, 5.74) is 1.90. The molecule has 3 rings (SSSR count). The largest absolute Gasteiger partial charge is 0.460 e. The summed E-state index contributed by atoms with van der Waals surface area (Å²) < 4.78 is 5.80. The van der Waals surface area contributed by atoms with Crippen LogP contribution in [0.15, 0.2) is 18.2 Å². The average molecular weight is 371 g/mol. The summed E-state index contributed by atoms with van der Waals surface area (Å²) >= 11 is 0. The van der Waals surface area contributed by atoms with Crippen LogP contribution in [0.1, 0.15) is 102 Å².